The molecule has 0 unspecified atom stereocenters. The van der Waals surface area contributed by atoms with Crippen molar-refractivity contribution in [2.75, 3.05) is 6.54 Å². The quantitative estimate of drug-likeness (QED) is 0.932. The third kappa shape index (κ3) is 2.55. The first kappa shape index (κ1) is 15.4. The molecule has 1 saturated carbocycles. The van der Waals surface area contributed by atoms with E-state index in [1.165, 1.54) is 11.4 Å². The Labute approximate surface area is 141 Å². The molecule has 1 N–H and O–H groups in total. The van der Waals surface area contributed by atoms with Crippen molar-refractivity contribution in [2.45, 2.75) is 52.3 Å². The van der Waals surface area contributed by atoms with Crippen LogP contribution in [0, 0.1) is 19.8 Å². The van der Waals surface area contributed by atoms with Crippen molar-refractivity contribution < 1.29 is 14.4 Å². The van der Waals surface area contributed by atoms with Crippen molar-refractivity contribution in [1.82, 2.24) is 14.6 Å². The number of hydrogen-bond acceptors (Lipinski definition) is 4. The fourth-order valence-electron chi connectivity index (χ4n) is 3.72. The average molecular weight is 329 g/mol. The number of aliphatic hydroxyl groups is 1. The van der Waals surface area contributed by atoms with Crippen molar-refractivity contribution in [1.29, 1.82) is 0 Å². The number of aromatic nitrogens is 2. The molecule has 2 aromatic heterocycles. The summed E-state index contributed by atoms with van der Waals surface area (Å²) in [6.07, 6.45) is 1.61. The minimum Gasteiger partial charge on any atom is -0.393 e. The summed E-state index contributed by atoms with van der Waals surface area (Å²) in [6.45, 7) is 6.08. The van der Waals surface area contributed by atoms with Gasteiger partial charge in [0.15, 0.2) is 0 Å². The first-order valence-electron chi connectivity index (χ1n) is 8.59. The van der Waals surface area contributed by atoms with Crippen molar-refractivity contribution in [3.05, 3.63) is 40.5 Å². The largest absolute Gasteiger partial charge is 0.393 e. The van der Waals surface area contributed by atoms with E-state index in [9.17, 15) is 9.90 Å². The predicted octanol–water partition coefficient (Wildman–Crippen LogP) is 1.80. The molecule has 1 amide bonds. The lowest BCUT2D eigenvalue weighted by molar-refractivity contribution is -0.143. The van der Waals surface area contributed by atoms with E-state index in [2.05, 4.69) is 35.7 Å². The van der Waals surface area contributed by atoms with Gasteiger partial charge < -0.3 is 19.1 Å². The van der Waals surface area contributed by atoms with Gasteiger partial charge in [-0.15, -0.1) is 0 Å². The normalized spacial score (nSPS) is 23.0. The van der Waals surface area contributed by atoms with Gasteiger partial charge in [0.1, 0.15) is 11.5 Å². The lowest BCUT2D eigenvalue weighted by Gasteiger charge is -2.36. The van der Waals surface area contributed by atoms with Crippen LogP contribution in [-0.2, 0) is 24.3 Å². The summed E-state index contributed by atoms with van der Waals surface area (Å²) in [4.78, 5) is 14.5. The molecule has 6 nitrogen and oxygen atoms in total. The van der Waals surface area contributed by atoms with E-state index in [0.717, 1.165) is 17.0 Å². The van der Waals surface area contributed by atoms with E-state index in [4.69, 9.17) is 4.52 Å². The summed E-state index contributed by atoms with van der Waals surface area (Å²) in [6, 6.07) is 4.19. The van der Waals surface area contributed by atoms with Crippen LogP contribution in [0.25, 0.3) is 0 Å². The van der Waals surface area contributed by atoms with Crippen LogP contribution in [0.2, 0.25) is 0 Å². The SMILES string of the molecule is Cc1ccc(C)n1Cc1noc2c1CN(C(=O)C1CC(O)C1)CC2. The minimum atomic E-state index is -0.301. The number of hydrogen-bond donors (Lipinski definition) is 1. The van der Waals surface area contributed by atoms with E-state index in [1.807, 2.05) is 4.90 Å². The summed E-state index contributed by atoms with van der Waals surface area (Å²) < 4.78 is 7.73. The van der Waals surface area contributed by atoms with Gasteiger partial charge in [-0.3, -0.25) is 4.79 Å². The molecule has 24 heavy (non-hydrogen) atoms. The third-order valence-corrected chi connectivity index (χ3v) is 5.41. The molecule has 0 saturated heterocycles. The van der Waals surface area contributed by atoms with Crippen LogP contribution in [0.5, 0.6) is 0 Å². The van der Waals surface area contributed by atoms with Crippen LogP contribution in [0.15, 0.2) is 16.7 Å². The third-order valence-electron chi connectivity index (χ3n) is 5.41. The van der Waals surface area contributed by atoms with Gasteiger partial charge in [0, 0.05) is 35.8 Å². The van der Waals surface area contributed by atoms with Crippen LogP contribution < -0.4 is 0 Å². The molecule has 0 radical (unpaired) electrons. The second-order valence-corrected chi connectivity index (χ2v) is 7.07. The molecule has 128 valence electrons. The van der Waals surface area contributed by atoms with Gasteiger partial charge in [-0.25, -0.2) is 0 Å². The molecule has 1 fully saturated rings. The highest BCUT2D eigenvalue weighted by Gasteiger charge is 2.37. The van der Waals surface area contributed by atoms with Crippen molar-refractivity contribution in [3.63, 3.8) is 0 Å². The second kappa shape index (κ2) is 5.77. The first-order chi connectivity index (χ1) is 11.5. The van der Waals surface area contributed by atoms with Crippen LogP contribution in [0.4, 0.5) is 0 Å². The van der Waals surface area contributed by atoms with E-state index < -0.39 is 0 Å². The Hall–Kier alpha value is -2.08. The molecular formula is C18H23N3O3. The summed E-state index contributed by atoms with van der Waals surface area (Å²) in [7, 11) is 0. The Balaban J connectivity index is 1.53. The smallest absolute Gasteiger partial charge is 0.226 e. The van der Waals surface area contributed by atoms with Gasteiger partial charge >= 0.3 is 0 Å². The van der Waals surface area contributed by atoms with E-state index in [-0.39, 0.29) is 17.9 Å². The number of fused-ring (bicyclic) bond motifs is 1. The standard InChI is InChI=1S/C18H23N3O3/c1-11-3-4-12(2)21(11)10-16-15-9-20(6-5-17(15)24-19-16)18(23)13-7-14(22)8-13/h3-4,13-14,22H,5-10H2,1-2H3. The second-order valence-electron chi connectivity index (χ2n) is 7.07. The summed E-state index contributed by atoms with van der Waals surface area (Å²) in [5.74, 6) is 1.05. The van der Waals surface area contributed by atoms with Gasteiger partial charge in [-0.05, 0) is 38.8 Å². The predicted molar refractivity (Wildman–Crippen MR) is 87.4 cm³/mol. The number of nitrogens with zero attached hydrogens (tertiary/aromatic N) is 3. The summed E-state index contributed by atoms with van der Waals surface area (Å²) >= 11 is 0. The zero-order valence-electron chi connectivity index (χ0n) is 14.2. The van der Waals surface area contributed by atoms with Gasteiger partial charge in [0.2, 0.25) is 5.91 Å². The highest BCUT2D eigenvalue weighted by atomic mass is 16.5. The molecule has 3 heterocycles. The molecular weight excluding hydrogens is 306 g/mol. The van der Waals surface area contributed by atoms with Crippen LogP contribution in [0.3, 0.4) is 0 Å². The monoisotopic (exact) mass is 329 g/mol. The Morgan fingerprint density at radius 3 is 2.71 bits per heavy atom. The van der Waals surface area contributed by atoms with Crippen LogP contribution in [-0.4, -0.2) is 38.3 Å². The number of carbonyl (C=O) groups excluding carboxylic acids is 1. The fraction of sp³-hybridized carbons (Fsp3) is 0.556. The highest BCUT2D eigenvalue weighted by Crippen LogP contribution is 2.31. The fourth-order valence-corrected chi connectivity index (χ4v) is 3.72. The molecule has 0 bridgehead atoms. The van der Waals surface area contributed by atoms with E-state index in [0.29, 0.717) is 38.9 Å². The topological polar surface area (TPSA) is 71.5 Å². The van der Waals surface area contributed by atoms with E-state index in [1.54, 1.807) is 0 Å². The molecule has 1 aliphatic heterocycles. The van der Waals surface area contributed by atoms with Crippen molar-refractivity contribution in [3.8, 4) is 0 Å². The van der Waals surface area contributed by atoms with Gasteiger partial charge in [0.05, 0.1) is 19.2 Å². The van der Waals surface area contributed by atoms with Crippen molar-refractivity contribution in [2.24, 2.45) is 5.92 Å². The molecule has 0 aromatic carbocycles. The zero-order valence-corrected chi connectivity index (χ0v) is 14.2. The first-order valence-corrected chi connectivity index (χ1v) is 8.59. The number of carbonyl (C=O) groups is 1. The Bertz CT molecular complexity index is 751. The van der Waals surface area contributed by atoms with Crippen molar-refractivity contribution >= 4 is 5.91 Å². The minimum absolute atomic E-state index is 0.0150. The molecule has 0 spiro atoms. The number of aliphatic hydroxyl groups excluding tert-OH is 1. The van der Waals surface area contributed by atoms with Gasteiger partial charge in [0.25, 0.3) is 0 Å². The summed E-state index contributed by atoms with van der Waals surface area (Å²) in [5.41, 5.74) is 4.36. The van der Waals surface area contributed by atoms with E-state index >= 15 is 0 Å². The number of aryl methyl sites for hydroxylation is 2. The van der Waals surface area contributed by atoms with Crippen LogP contribution >= 0.6 is 0 Å². The highest BCUT2D eigenvalue weighted by molar-refractivity contribution is 5.80. The lowest BCUT2D eigenvalue weighted by Crippen LogP contribution is -2.45. The molecule has 2 aliphatic rings. The number of rotatable bonds is 3. The van der Waals surface area contributed by atoms with Crippen LogP contribution in [0.1, 0.15) is 41.2 Å². The molecule has 2 aromatic rings. The Morgan fingerprint density at radius 1 is 1.33 bits per heavy atom. The average Bonchev–Trinajstić information content (AvgIpc) is 3.09. The molecule has 6 heteroatoms. The molecule has 4 rings (SSSR count). The molecule has 1 aliphatic carbocycles. The molecule has 0 atom stereocenters. The lowest BCUT2D eigenvalue weighted by atomic mass is 9.81. The maximum absolute atomic E-state index is 12.6. The number of amides is 1. The Kier molecular flexibility index (Phi) is 3.72. The summed E-state index contributed by atoms with van der Waals surface area (Å²) in [5, 5.41) is 13.7. The Morgan fingerprint density at radius 2 is 2.04 bits per heavy atom. The maximum atomic E-state index is 12.6. The van der Waals surface area contributed by atoms with Gasteiger partial charge in [-0.1, -0.05) is 5.16 Å². The maximum Gasteiger partial charge on any atom is 0.226 e. The van der Waals surface area contributed by atoms with Gasteiger partial charge in [-0.2, -0.15) is 0 Å². The zero-order chi connectivity index (χ0) is 16.8.